The number of aryl methyl sites for hydroxylation is 1. The molecule has 0 bridgehead atoms. The first-order chi connectivity index (χ1) is 14.9. The summed E-state index contributed by atoms with van der Waals surface area (Å²) in [5.41, 5.74) is -1.05. The van der Waals surface area contributed by atoms with Gasteiger partial charge in [-0.2, -0.15) is 5.10 Å². The van der Waals surface area contributed by atoms with Crippen LogP contribution in [0.5, 0.6) is 5.75 Å². The molecule has 0 aliphatic carbocycles. The first kappa shape index (κ1) is 21.2. The molecule has 1 aliphatic rings. The van der Waals surface area contributed by atoms with Crippen LogP contribution in [0.1, 0.15) is 11.6 Å². The summed E-state index contributed by atoms with van der Waals surface area (Å²) in [6.45, 7) is 0.0803. The second kappa shape index (κ2) is 8.26. The average Bonchev–Trinajstić information content (AvgIpc) is 2.76. The quantitative estimate of drug-likeness (QED) is 0.619. The van der Waals surface area contributed by atoms with Crippen molar-refractivity contribution in [1.29, 1.82) is 0 Å². The van der Waals surface area contributed by atoms with Gasteiger partial charge in [0.2, 0.25) is 0 Å². The maximum Gasteiger partial charge on any atom is 0.274 e. The minimum atomic E-state index is -1.23. The zero-order valence-corrected chi connectivity index (χ0v) is 17.5. The number of halogens is 1. The summed E-state index contributed by atoms with van der Waals surface area (Å²) in [4.78, 5) is 12.5. The highest BCUT2D eigenvalue weighted by Gasteiger charge is 2.50. The van der Waals surface area contributed by atoms with E-state index in [0.717, 1.165) is 0 Å². The van der Waals surface area contributed by atoms with E-state index >= 15 is 0 Å². The van der Waals surface area contributed by atoms with E-state index in [2.05, 4.69) is 10.4 Å². The Bertz CT molecular complexity index is 1160. The molecule has 4 rings (SSSR count). The maximum absolute atomic E-state index is 14.1. The lowest BCUT2D eigenvalue weighted by molar-refractivity contribution is -0.142. The van der Waals surface area contributed by atoms with Crippen molar-refractivity contribution in [2.75, 3.05) is 32.8 Å². The lowest BCUT2D eigenvalue weighted by atomic mass is 9.84. The van der Waals surface area contributed by atoms with Gasteiger partial charge in [0, 0.05) is 32.2 Å². The number of benzene rings is 2. The highest BCUT2D eigenvalue weighted by molar-refractivity contribution is 5.91. The SMILES string of the molecule is COCC1(COC)Oc2ccc(F)cc2[C@@H](Nc2nn(C)c(=O)c3ccccc23)[C@@H]1O. The molecule has 164 valence electrons. The summed E-state index contributed by atoms with van der Waals surface area (Å²) in [5, 5.41) is 20.0. The number of hydrogen-bond acceptors (Lipinski definition) is 7. The molecule has 1 aromatic heterocycles. The largest absolute Gasteiger partial charge is 0.479 e. The number of anilines is 1. The smallest absolute Gasteiger partial charge is 0.274 e. The van der Waals surface area contributed by atoms with Crippen LogP contribution in [0.15, 0.2) is 47.3 Å². The molecule has 2 atom stereocenters. The first-order valence-corrected chi connectivity index (χ1v) is 9.77. The van der Waals surface area contributed by atoms with Gasteiger partial charge in [-0.15, -0.1) is 0 Å². The van der Waals surface area contributed by atoms with E-state index < -0.39 is 23.6 Å². The molecular formula is C22H24FN3O5. The van der Waals surface area contributed by atoms with Crippen LogP contribution in [0.3, 0.4) is 0 Å². The van der Waals surface area contributed by atoms with Crippen LogP contribution in [0, 0.1) is 5.82 Å². The van der Waals surface area contributed by atoms with Gasteiger partial charge in [0.05, 0.1) is 24.6 Å². The molecule has 2 aromatic carbocycles. The van der Waals surface area contributed by atoms with E-state index in [-0.39, 0.29) is 18.8 Å². The van der Waals surface area contributed by atoms with Gasteiger partial charge in [-0.1, -0.05) is 18.2 Å². The van der Waals surface area contributed by atoms with Crippen molar-refractivity contribution in [2.45, 2.75) is 17.7 Å². The molecule has 0 radical (unpaired) electrons. The predicted octanol–water partition coefficient (Wildman–Crippen LogP) is 2.01. The minimum Gasteiger partial charge on any atom is -0.479 e. The number of hydrogen-bond donors (Lipinski definition) is 2. The van der Waals surface area contributed by atoms with Gasteiger partial charge >= 0.3 is 0 Å². The van der Waals surface area contributed by atoms with Gasteiger partial charge in [0.1, 0.15) is 17.7 Å². The number of aromatic nitrogens is 2. The fourth-order valence-corrected chi connectivity index (χ4v) is 4.08. The molecule has 8 nitrogen and oxygen atoms in total. The fourth-order valence-electron chi connectivity index (χ4n) is 4.08. The lowest BCUT2D eigenvalue weighted by Gasteiger charge is -2.45. The van der Waals surface area contributed by atoms with Gasteiger partial charge in [0.25, 0.3) is 5.56 Å². The Hall–Kier alpha value is -3.01. The molecule has 2 heterocycles. The lowest BCUT2D eigenvalue weighted by Crippen LogP contribution is -2.60. The predicted molar refractivity (Wildman–Crippen MR) is 113 cm³/mol. The van der Waals surface area contributed by atoms with Gasteiger partial charge in [-0.25, -0.2) is 9.07 Å². The molecule has 0 spiro atoms. The Balaban J connectivity index is 1.87. The van der Waals surface area contributed by atoms with E-state index in [4.69, 9.17) is 14.2 Å². The summed E-state index contributed by atoms with van der Waals surface area (Å²) < 4.78 is 32.1. The number of rotatable bonds is 6. The van der Waals surface area contributed by atoms with Crippen LogP contribution in [-0.4, -0.2) is 54.0 Å². The van der Waals surface area contributed by atoms with Crippen molar-refractivity contribution in [3.63, 3.8) is 0 Å². The van der Waals surface area contributed by atoms with E-state index in [9.17, 15) is 14.3 Å². The second-order valence-corrected chi connectivity index (χ2v) is 7.60. The fraction of sp³-hybridized carbons (Fsp3) is 0.364. The Morgan fingerprint density at radius 2 is 1.87 bits per heavy atom. The molecule has 0 amide bonds. The van der Waals surface area contributed by atoms with Gasteiger partial charge in [0.15, 0.2) is 11.4 Å². The van der Waals surface area contributed by atoms with Crippen LogP contribution < -0.4 is 15.6 Å². The number of methoxy groups -OCH3 is 2. The third kappa shape index (κ3) is 3.65. The summed E-state index contributed by atoms with van der Waals surface area (Å²) in [6, 6.07) is 10.3. The standard InChI is InChI=1S/C22H24FN3O5/c1-26-21(28)15-7-5-4-6-14(15)20(25-26)24-18-16-10-13(23)8-9-17(16)31-22(11-29-2,12-30-3)19(18)27/h4-10,18-19,27H,11-12H2,1-3H3,(H,24,25)/t18-,19+/m1/s1. The molecule has 31 heavy (non-hydrogen) atoms. The van der Waals surface area contributed by atoms with Crippen molar-refractivity contribution in [2.24, 2.45) is 7.05 Å². The maximum atomic E-state index is 14.1. The monoisotopic (exact) mass is 429 g/mol. The molecule has 0 saturated heterocycles. The van der Waals surface area contributed by atoms with Crippen molar-refractivity contribution < 1.29 is 23.7 Å². The normalized spacial score (nSPS) is 19.6. The van der Waals surface area contributed by atoms with Crippen molar-refractivity contribution in [1.82, 2.24) is 9.78 Å². The number of nitrogens with one attached hydrogen (secondary N) is 1. The van der Waals surface area contributed by atoms with Crippen LogP contribution in [-0.2, 0) is 16.5 Å². The van der Waals surface area contributed by atoms with Crippen molar-refractivity contribution in [3.8, 4) is 5.75 Å². The molecular weight excluding hydrogens is 405 g/mol. The van der Waals surface area contributed by atoms with Crippen molar-refractivity contribution in [3.05, 3.63) is 64.2 Å². The number of nitrogens with zero attached hydrogens (tertiary/aromatic N) is 2. The number of fused-ring (bicyclic) bond motifs is 2. The summed E-state index contributed by atoms with van der Waals surface area (Å²) in [6.07, 6.45) is -1.18. The van der Waals surface area contributed by atoms with Gasteiger partial charge < -0.3 is 24.6 Å². The van der Waals surface area contributed by atoms with Crippen LogP contribution in [0.2, 0.25) is 0 Å². The zero-order chi connectivity index (χ0) is 22.2. The van der Waals surface area contributed by atoms with Crippen molar-refractivity contribution >= 4 is 16.6 Å². The third-order valence-electron chi connectivity index (χ3n) is 5.50. The summed E-state index contributed by atoms with van der Waals surface area (Å²) >= 11 is 0. The highest BCUT2D eigenvalue weighted by atomic mass is 19.1. The van der Waals surface area contributed by atoms with E-state index in [1.54, 1.807) is 31.3 Å². The first-order valence-electron chi connectivity index (χ1n) is 9.77. The molecule has 3 aromatic rings. The molecule has 0 saturated carbocycles. The van der Waals surface area contributed by atoms with Gasteiger partial charge in [-0.3, -0.25) is 4.79 Å². The third-order valence-corrected chi connectivity index (χ3v) is 5.50. The number of ether oxygens (including phenoxy) is 3. The van der Waals surface area contributed by atoms with Crippen LogP contribution >= 0.6 is 0 Å². The topological polar surface area (TPSA) is 94.8 Å². The average molecular weight is 429 g/mol. The second-order valence-electron chi connectivity index (χ2n) is 7.60. The van der Waals surface area contributed by atoms with Crippen LogP contribution in [0.25, 0.3) is 10.8 Å². The Morgan fingerprint density at radius 3 is 2.55 bits per heavy atom. The molecule has 0 unspecified atom stereocenters. The zero-order valence-electron chi connectivity index (χ0n) is 17.5. The summed E-state index contributed by atoms with van der Waals surface area (Å²) in [7, 11) is 4.55. The Morgan fingerprint density at radius 1 is 1.19 bits per heavy atom. The molecule has 9 heteroatoms. The molecule has 2 N–H and O–H groups in total. The minimum absolute atomic E-state index is 0.0401. The molecule has 0 fully saturated rings. The Labute approximate surface area is 178 Å². The van der Waals surface area contributed by atoms with E-state index in [1.165, 1.54) is 37.1 Å². The van der Waals surface area contributed by atoms with E-state index in [1.807, 2.05) is 0 Å². The Kier molecular flexibility index (Phi) is 5.65. The molecule has 1 aliphatic heterocycles. The number of aliphatic hydroxyl groups excluding tert-OH is 1. The van der Waals surface area contributed by atoms with E-state index in [0.29, 0.717) is 27.9 Å². The van der Waals surface area contributed by atoms with Crippen LogP contribution in [0.4, 0.5) is 10.2 Å². The number of aliphatic hydroxyl groups is 1. The van der Waals surface area contributed by atoms with Gasteiger partial charge in [-0.05, 0) is 24.3 Å². The highest BCUT2D eigenvalue weighted by Crippen LogP contribution is 2.42. The summed E-state index contributed by atoms with van der Waals surface area (Å²) in [5.74, 6) is 0.306.